The van der Waals surface area contributed by atoms with E-state index in [4.69, 9.17) is 5.73 Å². The van der Waals surface area contributed by atoms with Crippen molar-refractivity contribution in [1.29, 1.82) is 0 Å². The number of carbonyl (C=O) groups excluding carboxylic acids is 1. The summed E-state index contributed by atoms with van der Waals surface area (Å²) in [6.07, 6.45) is 1.59. The van der Waals surface area contributed by atoms with E-state index in [1.54, 1.807) is 18.3 Å². The van der Waals surface area contributed by atoms with Crippen LogP contribution < -0.4 is 11.1 Å². The summed E-state index contributed by atoms with van der Waals surface area (Å²) in [5, 5.41) is 3.25. The fraction of sp³-hybridized carbons (Fsp3) is 0.455. The number of hydrogen-bond acceptors (Lipinski definition) is 5. The number of anilines is 1. The van der Waals surface area contributed by atoms with Gasteiger partial charge >= 0.3 is 0 Å². The zero-order chi connectivity index (χ0) is 11.4. The van der Waals surface area contributed by atoms with Crippen LogP contribution in [0.4, 0.5) is 5.82 Å². The molecular weight excluding hydrogens is 204 g/mol. The molecule has 1 aliphatic rings. The number of Topliss-reactive ketones (excluding diaryl/α,β-unsaturated/α-hetero) is 1. The van der Waals surface area contributed by atoms with Gasteiger partial charge in [-0.25, -0.2) is 4.98 Å². The number of nitrogen functional groups attached to an aromatic ring is 1. The van der Waals surface area contributed by atoms with Gasteiger partial charge in [0.05, 0.1) is 12.1 Å². The lowest BCUT2D eigenvalue weighted by atomic mass is 10.1. The summed E-state index contributed by atoms with van der Waals surface area (Å²) in [4.78, 5) is 18.0. The third-order valence-corrected chi connectivity index (χ3v) is 2.72. The molecule has 0 amide bonds. The lowest BCUT2D eigenvalue weighted by Gasteiger charge is -2.26. The van der Waals surface area contributed by atoms with Crippen molar-refractivity contribution in [3.05, 3.63) is 23.9 Å². The smallest absolute Gasteiger partial charge is 0.180 e. The largest absolute Gasteiger partial charge is 0.383 e. The topological polar surface area (TPSA) is 71.2 Å². The maximum absolute atomic E-state index is 12.0. The first-order valence-electron chi connectivity index (χ1n) is 5.44. The highest BCUT2D eigenvalue weighted by Gasteiger charge is 2.16. The molecule has 16 heavy (non-hydrogen) atoms. The minimum Gasteiger partial charge on any atom is -0.383 e. The van der Waals surface area contributed by atoms with Crippen molar-refractivity contribution < 1.29 is 4.79 Å². The first-order valence-corrected chi connectivity index (χ1v) is 5.44. The maximum atomic E-state index is 12.0. The normalized spacial score (nSPS) is 17.2. The van der Waals surface area contributed by atoms with E-state index in [9.17, 15) is 4.79 Å². The van der Waals surface area contributed by atoms with Crippen LogP contribution in [0, 0.1) is 0 Å². The number of piperazine rings is 1. The molecular formula is C11H16N4O. The minimum atomic E-state index is 0.0486. The molecule has 1 fully saturated rings. The molecule has 86 valence electrons. The minimum absolute atomic E-state index is 0.0486. The quantitative estimate of drug-likeness (QED) is 0.687. The van der Waals surface area contributed by atoms with Gasteiger partial charge in [-0.2, -0.15) is 0 Å². The second-order valence-corrected chi connectivity index (χ2v) is 3.89. The van der Waals surface area contributed by atoms with Crippen molar-refractivity contribution in [2.24, 2.45) is 0 Å². The zero-order valence-electron chi connectivity index (χ0n) is 9.15. The number of aromatic nitrogens is 1. The molecule has 2 rings (SSSR count). The highest BCUT2D eigenvalue weighted by Crippen LogP contribution is 2.08. The summed E-state index contributed by atoms with van der Waals surface area (Å²) in [5.74, 6) is 0.370. The molecule has 2 heterocycles. The number of rotatable bonds is 3. The molecule has 0 saturated carbocycles. The van der Waals surface area contributed by atoms with E-state index < -0.39 is 0 Å². The Morgan fingerprint density at radius 1 is 1.50 bits per heavy atom. The standard InChI is InChI=1S/C11H16N4O/c12-11-9(2-1-3-14-11)10(16)8-15-6-4-13-5-7-15/h1-3,13H,4-8H2,(H2,12,14). The molecule has 0 aromatic carbocycles. The van der Waals surface area contributed by atoms with Crippen molar-refractivity contribution >= 4 is 11.6 Å². The Kier molecular flexibility index (Phi) is 3.48. The van der Waals surface area contributed by atoms with E-state index in [0.717, 1.165) is 26.2 Å². The van der Waals surface area contributed by atoms with Crippen molar-refractivity contribution in [3.8, 4) is 0 Å². The lowest BCUT2D eigenvalue weighted by Crippen LogP contribution is -2.45. The molecule has 1 saturated heterocycles. The molecule has 0 radical (unpaired) electrons. The highest BCUT2D eigenvalue weighted by atomic mass is 16.1. The molecule has 0 aliphatic carbocycles. The van der Waals surface area contributed by atoms with Gasteiger partial charge in [0.2, 0.25) is 0 Å². The van der Waals surface area contributed by atoms with Crippen LogP contribution in [0.25, 0.3) is 0 Å². The van der Waals surface area contributed by atoms with Crippen LogP contribution in [-0.2, 0) is 0 Å². The Balaban J connectivity index is 2.00. The number of ketones is 1. The first-order chi connectivity index (χ1) is 7.77. The van der Waals surface area contributed by atoms with Gasteiger partial charge in [0.1, 0.15) is 5.82 Å². The van der Waals surface area contributed by atoms with Gasteiger partial charge in [0, 0.05) is 32.4 Å². The fourth-order valence-electron chi connectivity index (χ4n) is 1.81. The van der Waals surface area contributed by atoms with Crippen molar-refractivity contribution in [2.45, 2.75) is 0 Å². The van der Waals surface area contributed by atoms with Crippen LogP contribution in [0.5, 0.6) is 0 Å². The fourth-order valence-corrected chi connectivity index (χ4v) is 1.81. The SMILES string of the molecule is Nc1ncccc1C(=O)CN1CCNCC1. The summed E-state index contributed by atoms with van der Waals surface area (Å²) in [6, 6.07) is 3.47. The van der Waals surface area contributed by atoms with Gasteiger partial charge in [-0.15, -0.1) is 0 Å². The number of hydrogen-bond donors (Lipinski definition) is 2. The summed E-state index contributed by atoms with van der Waals surface area (Å²) >= 11 is 0. The Labute approximate surface area is 94.6 Å². The average Bonchev–Trinajstić information content (AvgIpc) is 2.31. The summed E-state index contributed by atoms with van der Waals surface area (Å²) < 4.78 is 0. The number of nitrogens with one attached hydrogen (secondary N) is 1. The summed E-state index contributed by atoms with van der Waals surface area (Å²) in [5.41, 5.74) is 6.19. The van der Waals surface area contributed by atoms with Crippen LogP contribution in [0.1, 0.15) is 10.4 Å². The molecule has 5 nitrogen and oxygen atoms in total. The van der Waals surface area contributed by atoms with Crippen molar-refractivity contribution in [1.82, 2.24) is 15.2 Å². The average molecular weight is 220 g/mol. The van der Waals surface area contributed by atoms with Crippen LogP contribution in [0.15, 0.2) is 18.3 Å². The Morgan fingerprint density at radius 3 is 2.94 bits per heavy atom. The Morgan fingerprint density at radius 2 is 2.25 bits per heavy atom. The van der Waals surface area contributed by atoms with Crippen LogP contribution in [-0.4, -0.2) is 48.4 Å². The van der Waals surface area contributed by atoms with E-state index in [1.165, 1.54) is 0 Å². The highest BCUT2D eigenvalue weighted by molar-refractivity contribution is 6.01. The van der Waals surface area contributed by atoms with E-state index in [2.05, 4.69) is 15.2 Å². The maximum Gasteiger partial charge on any atom is 0.180 e. The second-order valence-electron chi connectivity index (χ2n) is 3.89. The van der Waals surface area contributed by atoms with Crippen LogP contribution >= 0.6 is 0 Å². The van der Waals surface area contributed by atoms with Gasteiger partial charge < -0.3 is 11.1 Å². The lowest BCUT2D eigenvalue weighted by molar-refractivity contribution is 0.0922. The summed E-state index contributed by atoms with van der Waals surface area (Å²) in [7, 11) is 0. The number of nitrogens with two attached hydrogens (primary N) is 1. The predicted molar refractivity (Wildman–Crippen MR) is 62.3 cm³/mol. The Hall–Kier alpha value is -1.46. The van der Waals surface area contributed by atoms with E-state index in [-0.39, 0.29) is 5.78 Å². The Bertz CT molecular complexity index is 374. The third kappa shape index (κ3) is 2.56. The first kappa shape index (κ1) is 11.0. The number of carbonyl (C=O) groups is 1. The molecule has 1 aromatic rings. The zero-order valence-corrected chi connectivity index (χ0v) is 9.15. The molecule has 5 heteroatoms. The third-order valence-electron chi connectivity index (χ3n) is 2.72. The van der Waals surface area contributed by atoms with Gasteiger partial charge in [-0.05, 0) is 12.1 Å². The van der Waals surface area contributed by atoms with Gasteiger partial charge in [0.25, 0.3) is 0 Å². The van der Waals surface area contributed by atoms with Crippen molar-refractivity contribution in [3.63, 3.8) is 0 Å². The molecule has 0 atom stereocenters. The summed E-state index contributed by atoms with van der Waals surface area (Å²) in [6.45, 7) is 4.13. The van der Waals surface area contributed by atoms with E-state index in [0.29, 0.717) is 17.9 Å². The van der Waals surface area contributed by atoms with E-state index in [1.807, 2.05) is 0 Å². The van der Waals surface area contributed by atoms with Gasteiger partial charge in [-0.1, -0.05) is 0 Å². The molecule has 0 spiro atoms. The van der Waals surface area contributed by atoms with Gasteiger partial charge in [-0.3, -0.25) is 9.69 Å². The molecule has 1 aromatic heterocycles. The number of nitrogens with zero attached hydrogens (tertiary/aromatic N) is 2. The van der Waals surface area contributed by atoms with E-state index >= 15 is 0 Å². The molecule has 3 N–H and O–H groups in total. The number of pyridine rings is 1. The second kappa shape index (κ2) is 5.05. The molecule has 0 unspecified atom stereocenters. The molecule has 1 aliphatic heterocycles. The van der Waals surface area contributed by atoms with Crippen LogP contribution in [0.2, 0.25) is 0 Å². The van der Waals surface area contributed by atoms with Crippen LogP contribution in [0.3, 0.4) is 0 Å². The molecule has 0 bridgehead atoms. The van der Waals surface area contributed by atoms with Crippen molar-refractivity contribution in [2.75, 3.05) is 38.5 Å². The van der Waals surface area contributed by atoms with Gasteiger partial charge in [0.15, 0.2) is 5.78 Å². The monoisotopic (exact) mass is 220 g/mol. The predicted octanol–water partition coefficient (Wildman–Crippen LogP) is -0.248.